The van der Waals surface area contributed by atoms with E-state index < -0.39 is 16.1 Å². The molecule has 0 nitrogen and oxygen atoms in total. The molecule has 0 aliphatic rings. The summed E-state index contributed by atoms with van der Waals surface area (Å²) in [5.41, 5.74) is 13.1. The van der Waals surface area contributed by atoms with Gasteiger partial charge in [-0.25, -0.2) is 0 Å². The molecule has 0 aliphatic heterocycles. The predicted molar refractivity (Wildman–Crippen MR) is 156 cm³/mol. The molecule has 3 aromatic rings. The molecule has 3 rings (SSSR count). The van der Waals surface area contributed by atoms with Crippen LogP contribution in [0.1, 0.15) is 37.5 Å². The van der Waals surface area contributed by atoms with Crippen molar-refractivity contribution < 1.29 is 0 Å². The summed E-state index contributed by atoms with van der Waals surface area (Å²) in [6.07, 6.45) is 0. The first-order valence-corrected chi connectivity index (χ1v) is 19.4. The third-order valence-corrected chi connectivity index (χ3v) is 7.69. The third kappa shape index (κ3) is 6.51. The smallest absolute Gasteiger partial charge is 0.127 e. The first kappa shape index (κ1) is 25.6. The molecule has 3 heteroatoms. The molecule has 33 heavy (non-hydrogen) atoms. The van der Waals surface area contributed by atoms with E-state index in [1.165, 1.54) is 27.5 Å². The Morgan fingerprint density at radius 2 is 1.30 bits per heavy atom. The first-order valence-electron chi connectivity index (χ1n) is 11.6. The summed E-state index contributed by atoms with van der Waals surface area (Å²) in [4.78, 5) is 0. The second-order valence-electron chi connectivity index (χ2n) is 11.8. The summed E-state index contributed by atoms with van der Waals surface area (Å²) in [6.45, 7) is 20.6. The van der Waals surface area contributed by atoms with Crippen LogP contribution in [0.15, 0.2) is 53.0 Å². The van der Waals surface area contributed by atoms with Crippen molar-refractivity contribution in [2.24, 2.45) is 0 Å². The van der Waals surface area contributed by atoms with Gasteiger partial charge in [-0.2, -0.15) is 0 Å². The van der Waals surface area contributed by atoms with E-state index >= 15 is 0 Å². The Hall–Kier alpha value is -2.05. The lowest BCUT2D eigenvalue weighted by Crippen LogP contribution is -2.17. The summed E-state index contributed by atoms with van der Waals surface area (Å²) in [5.74, 6) is 7.22. The van der Waals surface area contributed by atoms with Gasteiger partial charge >= 0.3 is 0 Å². The van der Waals surface area contributed by atoms with Gasteiger partial charge in [0.2, 0.25) is 0 Å². The van der Waals surface area contributed by atoms with Crippen LogP contribution in [-0.4, -0.2) is 16.1 Å². The Balaban J connectivity index is 2.51. The molecule has 0 heterocycles. The summed E-state index contributed by atoms with van der Waals surface area (Å²) >= 11 is 3.82. The zero-order valence-corrected chi connectivity index (χ0v) is 25.1. The SMILES string of the molecule is CC(C)(C)c1cc(C#C[Si](C)(C)C)c(C#C[Si](C)(C)C)c(-c2cccc3cccc(Br)c23)c1. The van der Waals surface area contributed by atoms with Crippen LogP contribution in [-0.2, 0) is 5.41 Å². The highest BCUT2D eigenvalue weighted by Crippen LogP contribution is 2.38. The van der Waals surface area contributed by atoms with E-state index in [0.29, 0.717) is 0 Å². The van der Waals surface area contributed by atoms with E-state index in [2.05, 4.69) is 147 Å². The van der Waals surface area contributed by atoms with E-state index in [1.807, 2.05) is 0 Å². The molecule has 0 aromatic heterocycles. The van der Waals surface area contributed by atoms with Gasteiger partial charge in [-0.05, 0) is 45.7 Å². The fourth-order valence-electron chi connectivity index (χ4n) is 3.55. The summed E-state index contributed by atoms with van der Waals surface area (Å²) < 4.78 is 1.11. The largest absolute Gasteiger partial charge is 0.129 e. The summed E-state index contributed by atoms with van der Waals surface area (Å²) in [6, 6.07) is 17.6. The molecule has 0 saturated heterocycles. The van der Waals surface area contributed by atoms with Gasteiger partial charge in [0, 0.05) is 21.0 Å². The van der Waals surface area contributed by atoms with Crippen LogP contribution in [0.5, 0.6) is 0 Å². The van der Waals surface area contributed by atoms with Crippen molar-refractivity contribution in [1.29, 1.82) is 0 Å². The van der Waals surface area contributed by atoms with E-state index in [4.69, 9.17) is 0 Å². The lowest BCUT2D eigenvalue weighted by Gasteiger charge is -2.23. The van der Waals surface area contributed by atoms with Gasteiger partial charge in [-0.1, -0.05) is 118 Å². The standard InChI is InChI=1S/C30H35BrSi2/c1-30(2,3)24-20-23(16-18-32(4,5)6)25(17-19-33(7,8)9)27(21-24)26-14-10-12-22-13-11-15-28(31)29(22)26/h10-15,20-21H,1-9H3. The Morgan fingerprint density at radius 1 is 0.727 bits per heavy atom. The number of rotatable bonds is 1. The molecule has 3 aromatic carbocycles. The van der Waals surface area contributed by atoms with Crippen molar-refractivity contribution in [2.45, 2.75) is 65.5 Å². The quantitative estimate of drug-likeness (QED) is 0.217. The second-order valence-corrected chi connectivity index (χ2v) is 22.2. The topological polar surface area (TPSA) is 0 Å². The minimum Gasteiger partial charge on any atom is -0.127 e. The van der Waals surface area contributed by atoms with Crippen LogP contribution in [0.25, 0.3) is 21.9 Å². The van der Waals surface area contributed by atoms with Crippen LogP contribution < -0.4 is 0 Å². The maximum atomic E-state index is 3.82. The molecular weight excluding hydrogens is 496 g/mol. The van der Waals surface area contributed by atoms with E-state index in [1.54, 1.807) is 0 Å². The lowest BCUT2D eigenvalue weighted by atomic mass is 9.81. The zero-order chi connectivity index (χ0) is 24.6. The Morgan fingerprint density at radius 3 is 1.88 bits per heavy atom. The molecule has 170 valence electrons. The summed E-state index contributed by atoms with van der Waals surface area (Å²) in [5, 5.41) is 2.45. The van der Waals surface area contributed by atoms with Crippen LogP contribution in [0.2, 0.25) is 39.3 Å². The number of hydrogen-bond acceptors (Lipinski definition) is 0. The van der Waals surface area contributed by atoms with E-state index in [9.17, 15) is 0 Å². The number of hydrogen-bond donors (Lipinski definition) is 0. The molecular formula is C30H35BrSi2. The fourth-order valence-corrected chi connectivity index (χ4v) is 5.15. The fraction of sp³-hybridized carbons (Fsp3) is 0.333. The van der Waals surface area contributed by atoms with Crippen molar-refractivity contribution in [3.05, 3.63) is 69.7 Å². The molecule has 0 bridgehead atoms. The number of fused-ring (bicyclic) bond motifs is 1. The van der Waals surface area contributed by atoms with Crippen molar-refractivity contribution in [2.75, 3.05) is 0 Å². The van der Waals surface area contributed by atoms with Gasteiger partial charge in [0.05, 0.1) is 0 Å². The minimum atomic E-state index is -1.57. The van der Waals surface area contributed by atoms with Gasteiger partial charge in [0.25, 0.3) is 0 Å². The predicted octanol–water partition coefficient (Wildman–Crippen LogP) is 9.02. The first-order chi connectivity index (χ1) is 15.2. The Kier molecular flexibility index (Phi) is 7.21. The summed E-state index contributed by atoms with van der Waals surface area (Å²) in [7, 11) is -3.11. The van der Waals surface area contributed by atoms with Gasteiger partial charge in [-0.15, -0.1) is 11.1 Å². The lowest BCUT2D eigenvalue weighted by molar-refractivity contribution is 0.590. The molecule has 0 radical (unpaired) electrons. The molecule has 0 fully saturated rings. The number of benzene rings is 3. The van der Waals surface area contributed by atoms with Crippen molar-refractivity contribution in [3.8, 4) is 34.1 Å². The Bertz CT molecular complexity index is 1320. The third-order valence-electron chi connectivity index (χ3n) is 5.28. The van der Waals surface area contributed by atoms with Crippen LogP contribution in [0, 0.1) is 22.9 Å². The molecule has 0 amide bonds. The highest BCUT2D eigenvalue weighted by atomic mass is 79.9. The maximum Gasteiger partial charge on any atom is 0.129 e. The molecule has 0 spiro atoms. The van der Waals surface area contributed by atoms with Crippen LogP contribution in [0.4, 0.5) is 0 Å². The molecule has 0 atom stereocenters. The second kappa shape index (κ2) is 9.30. The Labute approximate surface area is 211 Å². The molecule has 0 aliphatic carbocycles. The number of halogens is 1. The van der Waals surface area contributed by atoms with Crippen LogP contribution in [0.3, 0.4) is 0 Å². The zero-order valence-electron chi connectivity index (χ0n) is 21.5. The van der Waals surface area contributed by atoms with E-state index in [0.717, 1.165) is 15.6 Å². The van der Waals surface area contributed by atoms with E-state index in [-0.39, 0.29) is 5.41 Å². The average molecular weight is 532 g/mol. The molecule has 0 saturated carbocycles. The van der Waals surface area contributed by atoms with Gasteiger partial charge < -0.3 is 0 Å². The van der Waals surface area contributed by atoms with Crippen molar-refractivity contribution in [1.82, 2.24) is 0 Å². The monoisotopic (exact) mass is 530 g/mol. The molecule has 0 N–H and O–H groups in total. The van der Waals surface area contributed by atoms with Crippen molar-refractivity contribution >= 4 is 42.9 Å². The highest BCUT2D eigenvalue weighted by Gasteiger charge is 2.21. The maximum absolute atomic E-state index is 3.82. The normalized spacial score (nSPS) is 12.1. The van der Waals surface area contributed by atoms with Crippen LogP contribution >= 0.6 is 15.9 Å². The highest BCUT2D eigenvalue weighted by molar-refractivity contribution is 9.10. The minimum absolute atomic E-state index is 0.0108. The van der Waals surface area contributed by atoms with Gasteiger partial charge in [0.1, 0.15) is 16.1 Å². The average Bonchev–Trinajstić information content (AvgIpc) is 2.68. The van der Waals surface area contributed by atoms with Gasteiger partial charge in [0.15, 0.2) is 0 Å². The van der Waals surface area contributed by atoms with Crippen molar-refractivity contribution in [3.63, 3.8) is 0 Å². The molecule has 0 unspecified atom stereocenters. The van der Waals surface area contributed by atoms with Gasteiger partial charge in [-0.3, -0.25) is 0 Å².